The highest BCUT2D eigenvalue weighted by atomic mass is 32.1. The van der Waals surface area contributed by atoms with E-state index in [1.165, 1.54) is 12.8 Å². The van der Waals surface area contributed by atoms with Gasteiger partial charge in [-0.25, -0.2) is 0 Å². The minimum atomic E-state index is -0.620. The molecule has 0 bridgehead atoms. The van der Waals surface area contributed by atoms with Gasteiger partial charge in [-0.05, 0) is 24.3 Å². The second kappa shape index (κ2) is 6.01. The van der Waals surface area contributed by atoms with Crippen molar-refractivity contribution in [1.29, 1.82) is 5.26 Å². The average molecular weight is 262 g/mol. The fourth-order valence-electron chi connectivity index (χ4n) is 2.48. The summed E-state index contributed by atoms with van der Waals surface area (Å²) in [5, 5.41) is 14.3. The van der Waals surface area contributed by atoms with Crippen molar-refractivity contribution in [2.45, 2.75) is 50.5 Å². The van der Waals surface area contributed by atoms with E-state index >= 15 is 0 Å². The standard InChI is InChI=1S/C14H18N2OS/c15-11-14(7-3-1-2-4-8-14)16-13(17)10-12-6-5-9-18-12/h5-6,9H,1-4,7-8,10H2,(H,16,17). The lowest BCUT2D eigenvalue weighted by Gasteiger charge is -2.26. The van der Waals surface area contributed by atoms with Crippen LogP contribution in [0.2, 0.25) is 0 Å². The van der Waals surface area contributed by atoms with Crippen LogP contribution in [-0.4, -0.2) is 11.4 Å². The van der Waals surface area contributed by atoms with E-state index in [1.807, 2.05) is 17.5 Å². The summed E-state index contributed by atoms with van der Waals surface area (Å²) >= 11 is 1.58. The van der Waals surface area contributed by atoms with Gasteiger partial charge < -0.3 is 5.32 Å². The van der Waals surface area contributed by atoms with Gasteiger partial charge in [-0.2, -0.15) is 5.26 Å². The van der Waals surface area contributed by atoms with E-state index in [2.05, 4.69) is 11.4 Å². The van der Waals surface area contributed by atoms with E-state index in [0.717, 1.165) is 30.6 Å². The van der Waals surface area contributed by atoms with E-state index in [9.17, 15) is 10.1 Å². The third kappa shape index (κ3) is 3.33. The largest absolute Gasteiger partial charge is 0.338 e. The zero-order valence-electron chi connectivity index (χ0n) is 10.4. The van der Waals surface area contributed by atoms with Crippen LogP contribution < -0.4 is 5.32 Å². The second-order valence-corrected chi connectivity index (χ2v) is 5.94. The van der Waals surface area contributed by atoms with Gasteiger partial charge in [0.1, 0.15) is 5.54 Å². The summed E-state index contributed by atoms with van der Waals surface area (Å²) in [7, 11) is 0. The molecule has 96 valence electrons. The molecule has 0 saturated heterocycles. The van der Waals surface area contributed by atoms with Crippen molar-refractivity contribution in [3.63, 3.8) is 0 Å². The maximum absolute atomic E-state index is 12.0. The van der Waals surface area contributed by atoms with Gasteiger partial charge in [0.2, 0.25) is 5.91 Å². The molecule has 3 nitrogen and oxygen atoms in total. The Labute approximate surface area is 112 Å². The van der Waals surface area contributed by atoms with E-state index in [4.69, 9.17) is 0 Å². The minimum absolute atomic E-state index is 0.0269. The van der Waals surface area contributed by atoms with Crippen LogP contribution in [0, 0.1) is 11.3 Å². The van der Waals surface area contributed by atoms with Gasteiger partial charge in [0.25, 0.3) is 0 Å². The van der Waals surface area contributed by atoms with E-state index in [0.29, 0.717) is 6.42 Å². The van der Waals surface area contributed by atoms with Gasteiger partial charge in [-0.3, -0.25) is 4.79 Å². The molecule has 1 heterocycles. The van der Waals surface area contributed by atoms with Crippen molar-refractivity contribution in [2.24, 2.45) is 0 Å². The summed E-state index contributed by atoms with van der Waals surface area (Å²) in [6.45, 7) is 0. The molecular weight excluding hydrogens is 244 g/mol. The van der Waals surface area contributed by atoms with Crippen LogP contribution in [0.3, 0.4) is 0 Å². The Morgan fingerprint density at radius 1 is 1.39 bits per heavy atom. The lowest BCUT2D eigenvalue weighted by atomic mass is 9.91. The number of carbonyl (C=O) groups excluding carboxylic acids is 1. The highest BCUT2D eigenvalue weighted by Gasteiger charge is 2.32. The van der Waals surface area contributed by atoms with Crippen molar-refractivity contribution in [3.05, 3.63) is 22.4 Å². The molecule has 1 fully saturated rings. The molecule has 0 atom stereocenters. The number of nitrogens with one attached hydrogen (secondary N) is 1. The molecule has 1 aromatic rings. The van der Waals surface area contributed by atoms with Crippen molar-refractivity contribution in [3.8, 4) is 6.07 Å². The maximum atomic E-state index is 12.0. The smallest absolute Gasteiger partial charge is 0.226 e. The summed E-state index contributed by atoms with van der Waals surface area (Å²) in [6.07, 6.45) is 6.38. The fraction of sp³-hybridized carbons (Fsp3) is 0.571. The van der Waals surface area contributed by atoms with Gasteiger partial charge in [0.15, 0.2) is 0 Å². The Morgan fingerprint density at radius 2 is 2.11 bits per heavy atom. The van der Waals surface area contributed by atoms with E-state index < -0.39 is 5.54 Å². The first-order valence-corrected chi connectivity index (χ1v) is 7.37. The highest BCUT2D eigenvalue weighted by molar-refractivity contribution is 7.10. The number of nitriles is 1. The van der Waals surface area contributed by atoms with Crippen molar-refractivity contribution >= 4 is 17.2 Å². The van der Waals surface area contributed by atoms with Crippen LogP contribution in [0.1, 0.15) is 43.4 Å². The quantitative estimate of drug-likeness (QED) is 0.851. The molecule has 1 aliphatic carbocycles. The molecule has 1 N–H and O–H groups in total. The van der Waals surface area contributed by atoms with Crippen LogP contribution in [0.4, 0.5) is 0 Å². The molecule has 1 aliphatic rings. The summed E-state index contributed by atoms with van der Waals surface area (Å²) in [4.78, 5) is 13.0. The van der Waals surface area contributed by atoms with Crippen molar-refractivity contribution < 1.29 is 4.79 Å². The molecule has 2 rings (SSSR count). The third-order valence-corrected chi connectivity index (χ3v) is 4.34. The summed E-state index contributed by atoms with van der Waals surface area (Å²) in [6, 6.07) is 6.24. The van der Waals surface area contributed by atoms with Gasteiger partial charge in [0, 0.05) is 4.88 Å². The number of carbonyl (C=O) groups is 1. The third-order valence-electron chi connectivity index (χ3n) is 3.46. The molecule has 0 radical (unpaired) electrons. The molecule has 0 unspecified atom stereocenters. The number of nitrogens with zero attached hydrogens (tertiary/aromatic N) is 1. The average Bonchev–Trinajstić information content (AvgIpc) is 2.74. The molecule has 1 aromatic heterocycles. The van der Waals surface area contributed by atoms with Crippen LogP contribution in [0.5, 0.6) is 0 Å². The Bertz CT molecular complexity index is 425. The second-order valence-electron chi connectivity index (χ2n) is 4.91. The zero-order chi connectivity index (χ0) is 12.8. The van der Waals surface area contributed by atoms with Crippen molar-refractivity contribution in [2.75, 3.05) is 0 Å². The molecule has 1 saturated carbocycles. The SMILES string of the molecule is N#CC1(NC(=O)Cc2cccs2)CCCCCC1. The number of thiophene rings is 1. The van der Waals surface area contributed by atoms with Crippen LogP contribution in [0.15, 0.2) is 17.5 Å². The van der Waals surface area contributed by atoms with Gasteiger partial charge in [-0.15, -0.1) is 11.3 Å². The van der Waals surface area contributed by atoms with E-state index in [1.54, 1.807) is 11.3 Å². The molecule has 0 aliphatic heterocycles. The fourth-order valence-corrected chi connectivity index (χ4v) is 3.18. The molecule has 4 heteroatoms. The van der Waals surface area contributed by atoms with Crippen LogP contribution >= 0.6 is 11.3 Å². The first kappa shape index (κ1) is 13.1. The molecule has 1 amide bonds. The zero-order valence-corrected chi connectivity index (χ0v) is 11.3. The molecular formula is C14H18N2OS. The normalized spacial score (nSPS) is 18.6. The topological polar surface area (TPSA) is 52.9 Å². The predicted molar refractivity (Wildman–Crippen MR) is 72.2 cm³/mol. The summed E-state index contributed by atoms with van der Waals surface area (Å²) in [5.41, 5.74) is -0.620. The summed E-state index contributed by atoms with van der Waals surface area (Å²) in [5.74, 6) is -0.0269. The highest BCUT2D eigenvalue weighted by Crippen LogP contribution is 2.26. The van der Waals surface area contributed by atoms with Gasteiger partial charge in [0.05, 0.1) is 12.5 Å². The Morgan fingerprint density at radius 3 is 2.67 bits per heavy atom. The monoisotopic (exact) mass is 262 g/mol. The first-order chi connectivity index (χ1) is 8.74. The van der Waals surface area contributed by atoms with Gasteiger partial charge >= 0.3 is 0 Å². The van der Waals surface area contributed by atoms with Crippen molar-refractivity contribution in [1.82, 2.24) is 5.32 Å². The van der Waals surface area contributed by atoms with Gasteiger partial charge in [-0.1, -0.05) is 31.7 Å². The molecule has 18 heavy (non-hydrogen) atoms. The molecule has 0 spiro atoms. The molecule has 0 aromatic carbocycles. The number of hydrogen-bond acceptors (Lipinski definition) is 3. The van der Waals surface area contributed by atoms with E-state index in [-0.39, 0.29) is 5.91 Å². The Kier molecular flexibility index (Phi) is 4.38. The van der Waals surface area contributed by atoms with Crippen LogP contribution in [-0.2, 0) is 11.2 Å². The summed E-state index contributed by atoms with van der Waals surface area (Å²) < 4.78 is 0. The maximum Gasteiger partial charge on any atom is 0.226 e. The predicted octanol–water partition coefficient (Wildman–Crippen LogP) is 3.02. The number of rotatable bonds is 3. The first-order valence-electron chi connectivity index (χ1n) is 6.49. The minimum Gasteiger partial charge on any atom is -0.338 e. The number of amides is 1. The Hall–Kier alpha value is -1.34. The number of hydrogen-bond donors (Lipinski definition) is 1. The Balaban J connectivity index is 1.97. The van der Waals surface area contributed by atoms with Crippen LogP contribution in [0.25, 0.3) is 0 Å². The lowest BCUT2D eigenvalue weighted by molar-refractivity contribution is -0.121. The lowest BCUT2D eigenvalue weighted by Crippen LogP contribution is -2.47.